The van der Waals surface area contributed by atoms with E-state index in [0.717, 1.165) is 44.1 Å². The molecule has 3 heterocycles. The minimum absolute atomic E-state index is 0.0159. The highest BCUT2D eigenvalue weighted by atomic mass is 16.7. The summed E-state index contributed by atoms with van der Waals surface area (Å²) in [5, 5.41) is 0. The zero-order chi connectivity index (χ0) is 25.3. The number of amides is 2. The fourth-order valence-electron chi connectivity index (χ4n) is 4.82. The average Bonchev–Trinajstić information content (AvgIpc) is 3.66. The lowest BCUT2D eigenvalue weighted by molar-refractivity contribution is -0.145. The van der Waals surface area contributed by atoms with Crippen molar-refractivity contribution in [3.05, 3.63) is 47.9 Å². The topological polar surface area (TPSA) is 81.5 Å². The molecule has 36 heavy (non-hydrogen) atoms. The lowest BCUT2D eigenvalue weighted by Crippen LogP contribution is -2.47. The van der Waals surface area contributed by atoms with Gasteiger partial charge in [0.15, 0.2) is 11.5 Å². The molecule has 1 saturated heterocycles. The van der Waals surface area contributed by atoms with Gasteiger partial charge in [-0.25, -0.2) is 0 Å². The first-order valence-electron chi connectivity index (χ1n) is 13.2. The quantitative estimate of drug-likeness (QED) is 0.396. The minimum Gasteiger partial charge on any atom is -0.467 e. The Morgan fingerprint density at radius 3 is 2.67 bits per heavy atom. The maximum atomic E-state index is 13.7. The van der Waals surface area contributed by atoms with Crippen molar-refractivity contribution in [3.63, 3.8) is 0 Å². The third kappa shape index (κ3) is 6.81. The number of unbranched alkanes of at least 4 members (excludes halogenated alkanes) is 1. The Morgan fingerprint density at radius 1 is 1.08 bits per heavy atom. The molecule has 2 aliphatic heterocycles. The molecule has 8 heteroatoms. The molecule has 0 N–H and O–H groups in total. The van der Waals surface area contributed by atoms with Gasteiger partial charge in [-0.1, -0.05) is 32.8 Å². The number of hydrogen-bond donors (Lipinski definition) is 0. The number of furan rings is 1. The lowest BCUT2D eigenvalue weighted by Gasteiger charge is -2.31. The Bertz CT molecular complexity index is 986. The lowest BCUT2D eigenvalue weighted by atomic mass is 9.97. The largest absolute Gasteiger partial charge is 0.467 e. The van der Waals surface area contributed by atoms with Gasteiger partial charge in [0.05, 0.1) is 25.5 Å². The molecule has 8 nitrogen and oxygen atoms in total. The third-order valence-electron chi connectivity index (χ3n) is 6.92. The molecule has 4 rings (SSSR count). The van der Waals surface area contributed by atoms with Crippen molar-refractivity contribution in [3.8, 4) is 11.5 Å². The Kier molecular flexibility index (Phi) is 9.28. The van der Waals surface area contributed by atoms with E-state index in [1.54, 1.807) is 16.1 Å². The van der Waals surface area contributed by atoms with Crippen LogP contribution in [0.4, 0.5) is 0 Å². The van der Waals surface area contributed by atoms with Crippen LogP contribution in [0.5, 0.6) is 11.5 Å². The molecule has 1 aromatic heterocycles. The Morgan fingerprint density at radius 2 is 1.94 bits per heavy atom. The monoisotopic (exact) mass is 498 g/mol. The summed E-state index contributed by atoms with van der Waals surface area (Å²) < 4.78 is 22.3. The van der Waals surface area contributed by atoms with Crippen molar-refractivity contribution >= 4 is 11.8 Å². The Balaban J connectivity index is 1.51. The molecule has 2 unspecified atom stereocenters. The average molecular weight is 499 g/mol. The molecule has 2 aliphatic rings. The van der Waals surface area contributed by atoms with Crippen LogP contribution in [0.15, 0.2) is 41.0 Å². The fourth-order valence-corrected chi connectivity index (χ4v) is 4.82. The summed E-state index contributed by atoms with van der Waals surface area (Å²) in [6.07, 6.45) is 7.14. The van der Waals surface area contributed by atoms with Crippen LogP contribution in [0.2, 0.25) is 0 Å². The van der Waals surface area contributed by atoms with Crippen molar-refractivity contribution in [2.75, 3.05) is 26.5 Å². The van der Waals surface area contributed by atoms with Crippen LogP contribution in [0.3, 0.4) is 0 Å². The van der Waals surface area contributed by atoms with Gasteiger partial charge in [0, 0.05) is 25.6 Å². The first-order valence-corrected chi connectivity index (χ1v) is 13.2. The zero-order valence-electron chi connectivity index (χ0n) is 21.4. The van der Waals surface area contributed by atoms with Gasteiger partial charge in [0.2, 0.25) is 18.6 Å². The highest BCUT2D eigenvalue weighted by Crippen LogP contribution is 2.33. The highest BCUT2D eigenvalue weighted by molar-refractivity contribution is 5.86. The van der Waals surface area contributed by atoms with Crippen LogP contribution in [0.1, 0.15) is 63.7 Å². The number of benzene rings is 1. The maximum absolute atomic E-state index is 13.7. The van der Waals surface area contributed by atoms with Crippen molar-refractivity contribution in [1.82, 2.24) is 9.80 Å². The van der Waals surface area contributed by atoms with Crippen LogP contribution in [0, 0.1) is 5.92 Å². The molecule has 0 saturated carbocycles. The molecule has 1 aromatic carbocycles. The predicted molar refractivity (Wildman–Crippen MR) is 134 cm³/mol. The van der Waals surface area contributed by atoms with Crippen LogP contribution in [-0.2, 0) is 27.4 Å². The van der Waals surface area contributed by atoms with E-state index < -0.39 is 0 Å². The standard InChI is InChI=1S/C28H38N2O6/c1-3-5-8-22(4-2)28(32)30(18-24-10-7-14-34-24)19-27(31)29(17-23-9-6-13-33-23)16-21-11-12-25-26(15-21)36-20-35-25/h6,9,11-13,15,22,24H,3-5,7-8,10,14,16-20H2,1-2H3. The maximum Gasteiger partial charge on any atom is 0.242 e. The number of hydrogen-bond acceptors (Lipinski definition) is 6. The van der Waals surface area contributed by atoms with E-state index in [-0.39, 0.29) is 37.2 Å². The summed E-state index contributed by atoms with van der Waals surface area (Å²) in [6.45, 7) is 6.24. The first-order chi connectivity index (χ1) is 17.6. The van der Waals surface area contributed by atoms with E-state index in [1.165, 1.54) is 0 Å². The third-order valence-corrected chi connectivity index (χ3v) is 6.92. The van der Waals surface area contributed by atoms with Gasteiger partial charge in [0.1, 0.15) is 5.76 Å². The number of carbonyl (C=O) groups is 2. The SMILES string of the molecule is CCCCC(CC)C(=O)N(CC(=O)N(Cc1ccc2c(c1)OCO2)Cc1ccco1)CC1CCCO1. The Hall–Kier alpha value is -3.00. The Labute approximate surface area is 213 Å². The normalized spacial score (nSPS) is 17.2. The van der Waals surface area contributed by atoms with Gasteiger partial charge >= 0.3 is 0 Å². The number of ether oxygens (including phenoxy) is 3. The summed E-state index contributed by atoms with van der Waals surface area (Å²) in [5.74, 6) is 1.92. The number of nitrogens with zero attached hydrogens (tertiary/aromatic N) is 2. The van der Waals surface area contributed by atoms with Crippen molar-refractivity contribution in [2.24, 2.45) is 5.92 Å². The van der Waals surface area contributed by atoms with E-state index in [0.29, 0.717) is 43.5 Å². The number of carbonyl (C=O) groups excluding carboxylic acids is 2. The first kappa shape index (κ1) is 26.1. The van der Waals surface area contributed by atoms with Crippen molar-refractivity contribution < 1.29 is 28.2 Å². The van der Waals surface area contributed by atoms with Gasteiger partial charge < -0.3 is 28.4 Å². The molecular formula is C28H38N2O6. The fraction of sp³-hybridized carbons (Fsp3) is 0.571. The summed E-state index contributed by atoms with van der Waals surface area (Å²) in [6, 6.07) is 9.36. The second kappa shape index (κ2) is 12.8. The van der Waals surface area contributed by atoms with E-state index in [1.807, 2.05) is 37.3 Å². The molecule has 1 fully saturated rings. The zero-order valence-corrected chi connectivity index (χ0v) is 21.4. The summed E-state index contributed by atoms with van der Waals surface area (Å²) in [4.78, 5) is 30.8. The van der Waals surface area contributed by atoms with Crippen LogP contribution in [-0.4, -0.2) is 54.2 Å². The van der Waals surface area contributed by atoms with E-state index in [4.69, 9.17) is 18.6 Å². The molecule has 196 valence electrons. The molecule has 2 atom stereocenters. The molecule has 0 radical (unpaired) electrons. The summed E-state index contributed by atoms with van der Waals surface area (Å²) >= 11 is 0. The number of rotatable bonds is 13. The second-order valence-electron chi connectivity index (χ2n) is 9.62. The van der Waals surface area contributed by atoms with Gasteiger partial charge in [-0.05, 0) is 55.5 Å². The van der Waals surface area contributed by atoms with E-state index in [9.17, 15) is 9.59 Å². The molecule has 2 aromatic rings. The van der Waals surface area contributed by atoms with Gasteiger partial charge in [0.25, 0.3) is 0 Å². The number of fused-ring (bicyclic) bond motifs is 1. The van der Waals surface area contributed by atoms with E-state index >= 15 is 0 Å². The molecular weight excluding hydrogens is 460 g/mol. The van der Waals surface area contributed by atoms with Gasteiger partial charge in [-0.15, -0.1) is 0 Å². The van der Waals surface area contributed by atoms with Crippen molar-refractivity contribution in [2.45, 2.75) is 71.6 Å². The summed E-state index contributed by atoms with van der Waals surface area (Å²) in [7, 11) is 0. The van der Waals surface area contributed by atoms with E-state index in [2.05, 4.69) is 6.92 Å². The van der Waals surface area contributed by atoms with Crippen molar-refractivity contribution in [1.29, 1.82) is 0 Å². The molecule has 0 bridgehead atoms. The molecule has 2 amide bonds. The van der Waals surface area contributed by atoms with Gasteiger partial charge in [-0.3, -0.25) is 9.59 Å². The minimum atomic E-state index is -0.124. The molecule has 0 spiro atoms. The summed E-state index contributed by atoms with van der Waals surface area (Å²) in [5.41, 5.74) is 0.922. The van der Waals surface area contributed by atoms with Crippen LogP contribution < -0.4 is 9.47 Å². The second-order valence-corrected chi connectivity index (χ2v) is 9.62. The van der Waals surface area contributed by atoms with Gasteiger partial charge in [-0.2, -0.15) is 0 Å². The predicted octanol–water partition coefficient (Wildman–Crippen LogP) is 4.76. The smallest absolute Gasteiger partial charge is 0.242 e. The van der Waals surface area contributed by atoms with Crippen LogP contribution >= 0.6 is 0 Å². The molecule has 0 aliphatic carbocycles. The van der Waals surface area contributed by atoms with Crippen LogP contribution in [0.25, 0.3) is 0 Å². The highest BCUT2D eigenvalue weighted by Gasteiger charge is 2.30.